The number of nitrogens with one attached hydrogen (secondary N) is 1. The summed E-state index contributed by atoms with van der Waals surface area (Å²) < 4.78 is 2.18. The Hall–Kier alpha value is -2.28. The van der Waals surface area contributed by atoms with Crippen LogP contribution < -0.4 is 11.1 Å². The molecule has 1 atom stereocenters. The first-order valence-electron chi connectivity index (χ1n) is 8.60. The molecular formula is C19H26N4O2S. The molecule has 0 saturated carbocycles. The maximum Gasteiger partial charge on any atom is 0.248 e. The predicted molar refractivity (Wildman–Crippen MR) is 105 cm³/mol. The van der Waals surface area contributed by atoms with Gasteiger partial charge < -0.3 is 15.6 Å². The molecule has 1 heterocycles. The molecule has 1 aromatic carbocycles. The highest BCUT2D eigenvalue weighted by Crippen LogP contribution is 2.27. The second-order valence-corrected chi connectivity index (χ2v) is 8.07. The van der Waals surface area contributed by atoms with E-state index in [1.54, 1.807) is 24.3 Å². The molecule has 0 aliphatic rings. The summed E-state index contributed by atoms with van der Waals surface area (Å²) in [4.78, 5) is 28.2. The minimum absolute atomic E-state index is 0.115. The third kappa shape index (κ3) is 4.88. The van der Waals surface area contributed by atoms with E-state index in [9.17, 15) is 9.59 Å². The third-order valence-corrected chi connectivity index (χ3v) is 5.15. The number of hydrogen-bond acceptors (Lipinski definition) is 4. The molecule has 1 aromatic heterocycles. The fraction of sp³-hybridized carbons (Fsp3) is 0.421. The number of amides is 2. The van der Waals surface area contributed by atoms with Crippen LogP contribution in [-0.4, -0.2) is 26.6 Å². The number of carbonyl (C=O) groups is 2. The molecule has 0 fully saturated rings. The zero-order valence-electron chi connectivity index (χ0n) is 15.9. The van der Waals surface area contributed by atoms with Crippen LogP contribution in [0.3, 0.4) is 0 Å². The molecule has 2 rings (SSSR count). The van der Waals surface area contributed by atoms with Gasteiger partial charge in [-0.3, -0.25) is 9.59 Å². The van der Waals surface area contributed by atoms with Crippen LogP contribution in [0.25, 0.3) is 0 Å². The zero-order chi connectivity index (χ0) is 19.4. The summed E-state index contributed by atoms with van der Waals surface area (Å²) in [6.07, 6.45) is 0. The molecule has 0 spiro atoms. The Balaban J connectivity index is 2.07. The smallest absolute Gasteiger partial charge is 0.248 e. The topological polar surface area (TPSA) is 90.0 Å². The lowest BCUT2D eigenvalue weighted by Crippen LogP contribution is -2.23. The lowest BCUT2D eigenvalue weighted by Gasteiger charge is -2.15. The number of aromatic nitrogens is 2. The summed E-state index contributed by atoms with van der Waals surface area (Å²) in [5, 5.41) is 3.41. The molecular weight excluding hydrogens is 348 g/mol. The van der Waals surface area contributed by atoms with E-state index in [-0.39, 0.29) is 11.2 Å². The molecule has 140 valence electrons. The first-order valence-corrected chi connectivity index (χ1v) is 9.48. The quantitative estimate of drug-likeness (QED) is 0.727. The second-order valence-electron chi connectivity index (χ2n) is 6.76. The number of benzene rings is 1. The Bertz CT molecular complexity index is 797. The Morgan fingerprint density at radius 1 is 1.19 bits per heavy atom. The van der Waals surface area contributed by atoms with Gasteiger partial charge >= 0.3 is 0 Å². The number of hydrogen-bond donors (Lipinski definition) is 2. The van der Waals surface area contributed by atoms with Gasteiger partial charge in [0.15, 0.2) is 5.16 Å². The minimum Gasteiger partial charge on any atom is -0.366 e. The Morgan fingerprint density at radius 2 is 1.81 bits per heavy atom. The molecule has 0 aliphatic carbocycles. The van der Waals surface area contributed by atoms with Gasteiger partial charge in [0.25, 0.3) is 0 Å². The van der Waals surface area contributed by atoms with Crippen molar-refractivity contribution >= 4 is 29.3 Å². The SMILES string of the molecule is Cc1nc(SC(C)C(=O)Nc2ccc(C(N)=O)cc2)n(CC(C)C)c1C. The Kier molecular flexibility index (Phi) is 6.47. The second kappa shape index (κ2) is 8.40. The molecule has 0 bridgehead atoms. The van der Waals surface area contributed by atoms with Gasteiger partial charge in [-0.2, -0.15) is 0 Å². The summed E-state index contributed by atoms with van der Waals surface area (Å²) in [7, 11) is 0. The maximum absolute atomic E-state index is 12.5. The van der Waals surface area contributed by atoms with Crippen LogP contribution in [0, 0.1) is 19.8 Å². The first-order chi connectivity index (χ1) is 12.2. The molecule has 0 saturated heterocycles. The van der Waals surface area contributed by atoms with Crippen molar-refractivity contribution in [2.75, 3.05) is 5.32 Å². The molecule has 26 heavy (non-hydrogen) atoms. The molecule has 0 aliphatic heterocycles. The average Bonchev–Trinajstić information content (AvgIpc) is 2.82. The zero-order valence-corrected chi connectivity index (χ0v) is 16.7. The van der Waals surface area contributed by atoms with Gasteiger partial charge in [-0.05, 0) is 51.0 Å². The molecule has 1 unspecified atom stereocenters. The third-order valence-electron chi connectivity index (χ3n) is 4.06. The summed E-state index contributed by atoms with van der Waals surface area (Å²) in [6.45, 7) is 11.1. The van der Waals surface area contributed by atoms with Crippen LogP contribution in [0.15, 0.2) is 29.4 Å². The van der Waals surface area contributed by atoms with Gasteiger partial charge in [-0.15, -0.1) is 0 Å². The van der Waals surface area contributed by atoms with Crippen molar-refractivity contribution in [2.45, 2.75) is 51.6 Å². The van der Waals surface area contributed by atoms with Gasteiger partial charge in [-0.25, -0.2) is 4.98 Å². The summed E-state index contributed by atoms with van der Waals surface area (Å²) in [5.41, 5.74) is 8.39. The van der Waals surface area contributed by atoms with Gasteiger partial charge in [-0.1, -0.05) is 25.6 Å². The predicted octanol–water partition coefficient (Wildman–Crippen LogP) is 3.37. The average molecular weight is 375 g/mol. The fourth-order valence-electron chi connectivity index (χ4n) is 2.47. The van der Waals surface area contributed by atoms with Crippen LogP contribution >= 0.6 is 11.8 Å². The highest BCUT2D eigenvalue weighted by atomic mass is 32.2. The number of imidazole rings is 1. The van der Waals surface area contributed by atoms with Crippen LogP contribution in [-0.2, 0) is 11.3 Å². The van der Waals surface area contributed by atoms with Gasteiger partial charge in [0.05, 0.1) is 10.9 Å². The van der Waals surface area contributed by atoms with Crippen molar-refractivity contribution in [1.29, 1.82) is 0 Å². The van der Waals surface area contributed by atoms with Crippen molar-refractivity contribution in [2.24, 2.45) is 11.7 Å². The van der Waals surface area contributed by atoms with E-state index in [0.29, 0.717) is 17.2 Å². The highest BCUT2D eigenvalue weighted by Gasteiger charge is 2.20. The first kappa shape index (κ1) is 20.0. The standard InChI is InChI=1S/C19H26N4O2S/c1-11(2)10-23-13(4)12(3)21-19(23)26-14(5)18(25)22-16-8-6-15(7-9-16)17(20)24/h6-9,11,14H,10H2,1-5H3,(H2,20,24)(H,22,25). The van der Waals surface area contributed by atoms with Crippen LogP contribution in [0.1, 0.15) is 42.5 Å². The van der Waals surface area contributed by atoms with Crippen molar-refractivity contribution in [1.82, 2.24) is 9.55 Å². The Labute approximate surface area is 158 Å². The number of rotatable bonds is 7. The summed E-state index contributed by atoms with van der Waals surface area (Å²) in [6, 6.07) is 6.53. The number of aryl methyl sites for hydroxylation is 1. The van der Waals surface area contributed by atoms with E-state index in [1.165, 1.54) is 11.8 Å². The molecule has 0 radical (unpaired) electrons. The van der Waals surface area contributed by atoms with E-state index in [4.69, 9.17) is 5.73 Å². The molecule has 7 heteroatoms. The minimum atomic E-state index is -0.491. The van der Waals surface area contributed by atoms with E-state index in [2.05, 4.69) is 35.6 Å². The summed E-state index contributed by atoms with van der Waals surface area (Å²) >= 11 is 1.45. The van der Waals surface area contributed by atoms with Crippen LogP contribution in [0.5, 0.6) is 0 Å². The van der Waals surface area contributed by atoms with E-state index < -0.39 is 5.91 Å². The number of nitrogens with zero attached hydrogens (tertiary/aromatic N) is 2. The van der Waals surface area contributed by atoms with Crippen molar-refractivity contribution in [3.05, 3.63) is 41.2 Å². The fourth-order valence-corrected chi connectivity index (χ4v) is 3.48. The van der Waals surface area contributed by atoms with E-state index in [1.807, 2.05) is 13.8 Å². The van der Waals surface area contributed by atoms with Crippen LogP contribution in [0.2, 0.25) is 0 Å². The van der Waals surface area contributed by atoms with Crippen molar-refractivity contribution < 1.29 is 9.59 Å². The maximum atomic E-state index is 12.5. The summed E-state index contributed by atoms with van der Waals surface area (Å²) in [5.74, 6) is -0.111. The van der Waals surface area contributed by atoms with Gasteiger partial charge in [0.1, 0.15) is 0 Å². The number of anilines is 1. The number of thioether (sulfide) groups is 1. The van der Waals surface area contributed by atoms with Crippen LogP contribution in [0.4, 0.5) is 5.69 Å². The number of nitrogens with two attached hydrogens (primary N) is 1. The molecule has 2 aromatic rings. The van der Waals surface area contributed by atoms with Crippen molar-refractivity contribution in [3.63, 3.8) is 0 Å². The lowest BCUT2D eigenvalue weighted by atomic mass is 10.2. The lowest BCUT2D eigenvalue weighted by molar-refractivity contribution is -0.115. The van der Waals surface area contributed by atoms with Gasteiger partial charge in [0.2, 0.25) is 11.8 Å². The molecule has 3 N–H and O–H groups in total. The molecule has 6 nitrogen and oxygen atoms in total. The number of carbonyl (C=O) groups excluding carboxylic acids is 2. The monoisotopic (exact) mass is 374 g/mol. The largest absolute Gasteiger partial charge is 0.366 e. The van der Waals surface area contributed by atoms with E-state index in [0.717, 1.165) is 23.1 Å². The molecule has 2 amide bonds. The highest BCUT2D eigenvalue weighted by molar-refractivity contribution is 8.00. The van der Waals surface area contributed by atoms with E-state index >= 15 is 0 Å². The number of primary amides is 1. The van der Waals surface area contributed by atoms with Crippen molar-refractivity contribution in [3.8, 4) is 0 Å². The normalized spacial score (nSPS) is 12.2. The Morgan fingerprint density at radius 3 is 2.35 bits per heavy atom. The van der Waals surface area contributed by atoms with Gasteiger partial charge in [0, 0.05) is 23.5 Å².